The quantitative estimate of drug-likeness (QED) is 0.179. The molecule has 2 aromatic carbocycles. The molecule has 4 rings (SSSR count). The van der Waals surface area contributed by atoms with Crippen molar-refractivity contribution in [1.29, 1.82) is 0 Å². The van der Waals surface area contributed by atoms with Crippen molar-refractivity contribution < 1.29 is 45.8 Å². The van der Waals surface area contributed by atoms with Crippen molar-refractivity contribution in [2.24, 2.45) is 5.92 Å². The van der Waals surface area contributed by atoms with Gasteiger partial charge in [0.2, 0.25) is 10.0 Å². The Hall–Kier alpha value is -3.86. The molecule has 0 unspecified atom stereocenters. The maximum absolute atomic E-state index is 13.6. The molecular formula is C33H41F3N4O7S2. The SMILES string of the molecule is CC(C)OC(=O)Nc1ccc(-c2ncc(-c3ccc(CCC(=O)C4CCNCC4)cc3S(=O)(=O)NC(C)(C)C)s2)cc1.O=C(O)C(F)(F)F. The Bertz CT molecular complexity index is 1710. The number of aliphatic carboxylic acids is 1. The van der Waals surface area contributed by atoms with Crippen LogP contribution in [0.25, 0.3) is 21.0 Å². The van der Waals surface area contributed by atoms with Crippen LogP contribution in [0.15, 0.2) is 53.6 Å². The van der Waals surface area contributed by atoms with Crippen molar-refractivity contribution in [3.05, 3.63) is 54.2 Å². The van der Waals surface area contributed by atoms with Crippen LogP contribution >= 0.6 is 11.3 Å². The van der Waals surface area contributed by atoms with Gasteiger partial charge in [0.15, 0.2) is 0 Å². The molecule has 11 nitrogen and oxygen atoms in total. The van der Waals surface area contributed by atoms with Gasteiger partial charge >= 0.3 is 18.2 Å². The van der Waals surface area contributed by atoms with Gasteiger partial charge in [0, 0.05) is 40.9 Å². The number of Topliss-reactive ketones (excluding diaryl/α,β-unsaturated/α-hetero) is 1. The molecule has 16 heteroatoms. The van der Waals surface area contributed by atoms with Crippen LogP contribution in [-0.4, -0.2) is 67.3 Å². The molecule has 1 fully saturated rings. The molecule has 0 aliphatic carbocycles. The molecule has 1 aromatic heterocycles. The Kier molecular flexibility index (Phi) is 13.5. The average Bonchev–Trinajstić information content (AvgIpc) is 3.49. The Morgan fingerprint density at radius 1 is 1.06 bits per heavy atom. The summed E-state index contributed by atoms with van der Waals surface area (Å²) >= 11 is 1.38. The number of rotatable bonds is 10. The van der Waals surface area contributed by atoms with E-state index >= 15 is 0 Å². The number of carbonyl (C=O) groups excluding carboxylic acids is 2. The number of aromatic nitrogens is 1. The van der Waals surface area contributed by atoms with Crippen molar-refractivity contribution >= 4 is 44.9 Å². The first kappa shape index (κ1) is 39.6. The first-order chi connectivity index (χ1) is 22.7. The van der Waals surface area contributed by atoms with Crippen molar-refractivity contribution in [3.8, 4) is 21.0 Å². The summed E-state index contributed by atoms with van der Waals surface area (Å²) in [7, 11) is -3.88. The van der Waals surface area contributed by atoms with Gasteiger partial charge in [0.1, 0.15) is 10.8 Å². The molecule has 1 aliphatic rings. The number of alkyl halides is 3. The Balaban J connectivity index is 0.000000838. The summed E-state index contributed by atoms with van der Waals surface area (Å²) in [6.45, 7) is 10.7. The van der Waals surface area contributed by atoms with Crippen molar-refractivity contribution in [3.63, 3.8) is 0 Å². The van der Waals surface area contributed by atoms with Crippen molar-refractivity contribution in [1.82, 2.24) is 15.0 Å². The number of anilines is 1. The highest BCUT2D eigenvalue weighted by atomic mass is 32.2. The Labute approximate surface area is 287 Å². The number of nitrogens with zero attached hydrogens (tertiary/aromatic N) is 1. The second-order valence-electron chi connectivity index (χ2n) is 12.7. The third-order valence-corrected chi connectivity index (χ3v) is 9.84. The number of carbonyl (C=O) groups is 3. The lowest BCUT2D eigenvalue weighted by Gasteiger charge is -2.22. The number of carboxylic acids is 1. The molecule has 1 saturated heterocycles. The number of piperidine rings is 1. The summed E-state index contributed by atoms with van der Waals surface area (Å²) in [6, 6.07) is 12.6. The number of benzene rings is 2. The lowest BCUT2D eigenvalue weighted by atomic mass is 9.90. The zero-order valence-corrected chi connectivity index (χ0v) is 29.4. The van der Waals surface area contributed by atoms with Gasteiger partial charge in [0.05, 0.1) is 15.9 Å². The van der Waals surface area contributed by atoms with Gasteiger partial charge in [-0.1, -0.05) is 12.1 Å². The number of amides is 1. The number of hydrogen-bond acceptors (Lipinski definition) is 9. The van der Waals surface area contributed by atoms with E-state index in [0.29, 0.717) is 34.0 Å². The van der Waals surface area contributed by atoms with Crippen molar-refractivity contribution in [2.75, 3.05) is 18.4 Å². The fourth-order valence-corrected chi connectivity index (χ4v) is 7.53. The number of sulfonamides is 1. The number of aryl methyl sites for hydroxylation is 1. The third kappa shape index (κ3) is 12.5. The van der Waals surface area contributed by atoms with Crippen LogP contribution in [0.5, 0.6) is 0 Å². The van der Waals surface area contributed by atoms with E-state index in [0.717, 1.165) is 37.1 Å². The van der Waals surface area contributed by atoms with Gasteiger partial charge in [-0.05, 0) is 103 Å². The number of nitrogens with one attached hydrogen (secondary N) is 3. The molecule has 0 saturated carbocycles. The van der Waals surface area contributed by atoms with E-state index in [9.17, 15) is 31.2 Å². The van der Waals surface area contributed by atoms with E-state index in [2.05, 4.69) is 20.3 Å². The van der Waals surface area contributed by atoms with E-state index in [1.54, 1.807) is 59.0 Å². The maximum atomic E-state index is 13.6. The number of ether oxygens (including phenoxy) is 1. The van der Waals surface area contributed by atoms with Crippen LogP contribution in [0.4, 0.5) is 23.7 Å². The molecule has 1 amide bonds. The highest BCUT2D eigenvalue weighted by Crippen LogP contribution is 2.37. The Morgan fingerprint density at radius 3 is 2.22 bits per heavy atom. The fourth-order valence-electron chi connectivity index (χ4n) is 4.81. The highest BCUT2D eigenvalue weighted by molar-refractivity contribution is 7.89. The van der Waals surface area contributed by atoms with E-state index < -0.39 is 33.8 Å². The molecule has 0 bridgehead atoms. The minimum atomic E-state index is -5.08. The van der Waals surface area contributed by atoms with Crippen molar-refractivity contribution in [2.45, 2.75) is 83.0 Å². The molecule has 49 heavy (non-hydrogen) atoms. The molecule has 0 radical (unpaired) electrons. The minimum Gasteiger partial charge on any atom is -0.475 e. The van der Waals surface area contributed by atoms with Gasteiger partial charge in [-0.15, -0.1) is 11.3 Å². The predicted octanol–water partition coefficient (Wildman–Crippen LogP) is 6.65. The maximum Gasteiger partial charge on any atom is 0.490 e. The monoisotopic (exact) mass is 726 g/mol. The smallest absolute Gasteiger partial charge is 0.475 e. The summed E-state index contributed by atoms with van der Waals surface area (Å²) in [5.74, 6) is -2.44. The average molecular weight is 727 g/mol. The second-order valence-corrected chi connectivity index (χ2v) is 15.3. The summed E-state index contributed by atoms with van der Waals surface area (Å²) in [4.78, 5) is 39.0. The lowest BCUT2D eigenvalue weighted by molar-refractivity contribution is -0.192. The number of halogens is 3. The zero-order valence-electron chi connectivity index (χ0n) is 27.8. The number of thiazole rings is 1. The minimum absolute atomic E-state index is 0.0746. The van der Waals surface area contributed by atoms with E-state index in [4.69, 9.17) is 14.6 Å². The van der Waals surface area contributed by atoms with Gasteiger partial charge in [-0.25, -0.2) is 27.7 Å². The number of carboxylic acid groups (broad SMARTS) is 1. The number of ketones is 1. The molecular weight excluding hydrogens is 686 g/mol. The lowest BCUT2D eigenvalue weighted by Crippen LogP contribution is -2.40. The molecule has 3 aromatic rings. The van der Waals surface area contributed by atoms with Gasteiger partial charge in [-0.2, -0.15) is 13.2 Å². The molecule has 0 spiro atoms. The summed E-state index contributed by atoms with van der Waals surface area (Å²) in [5, 5.41) is 13.8. The van der Waals surface area contributed by atoms with Gasteiger partial charge < -0.3 is 15.2 Å². The standard InChI is InChI=1S/C31H40N4O5S2.C2HF3O2/c1-20(2)40-30(37)34-24-10-8-23(9-11-24)29-33-19-27(41-29)25-12-6-21(7-13-26(36)22-14-16-32-17-15-22)18-28(25)42(38,39)35-31(3,4)5;3-2(4,5)1(6)7/h6,8-12,18-20,22,32,35H,7,13-17H2,1-5H3,(H,34,37);(H,6,7). The normalized spacial score (nSPS) is 14.1. The molecule has 0 atom stereocenters. The predicted molar refractivity (Wildman–Crippen MR) is 181 cm³/mol. The summed E-state index contributed by atoms with van der Waals surface area (Å²) in [5.41, 5.74) is 2.11. The topological polar surface area (TPSA) is 164 Å². The number of hydrogen-bond donors (Lipinski definition) is 4. The first-order valence-electron chi connectivity index (χ1n) is 15.5. The van der Waals surface area contributed by atoms with Crippen LogP contribution in [-0.2, 0) is 30.8 Å². The van der Waals surface area contributed by atoms with Crippen LogP contribution in [0.1, 0.15) is 59.4 Å². The third-order valence-electron chi connectivity index (χ3n) is 6.97. The first-order valence-corrected chi connectivity index (χ1v) is 17.8. The Morgan fingerprint density at radius 2 is 1.67 bits per heavy atom. The van der Waals surface area contributed by atoms with E-state index in [1.807, 2.05) is 24.3 Å². The summed E-state index contributed by atoms with van der Waals surface area (Å²) in [6.07, 6.45) is -1.57. The van der Waals surface area contributed by atoms with Gasteiger partial charge in [0.25, 0.3) is 0 Å². The van der Waals surface area contributed by atoms with E-state index in [1.165, 1.54) is 11.3 Å². The van der Waals surface area contributed by atoms with Gasteiger partial charge in [-0.3, -0.25) is 10.1 Å². The van der Waals surface area contributed by atoms with E-state index in [-0.39, 0.29) is 22.7 Å². The molecule has 4 N–H and O–H groups in total. The van der Waals surface area contributed by atoms with Crippen LogP contribution in [0.3, 0.4) is 0 Å². The highest BCUT2D eigenvalue weighted by Gasteiger charge is 2.38. The molecule has 1 aliphatic heterocycles. The molecule has 268 valence electrons. The zero-order chi connectivity index (χ0) is 36.6. The largest absolute Gasteiger partial charge is 0.490 e. The fraction of sp³-hybridized carbons (Fsp3) is 0.455. The summed E-state index contributed by atoms with van der Waals surface area (Å²) < 4.78 is 66.8. The molecule has 2 heterocycles. The van der Waals surface area contributed by atoms with Crippen LogP contribution in [0, 0.1) is 5.92 Å². The van der Waals surface area contributed by atoms with Crippen LogP contribution < -0.4 is 15.4 Å². The van der Waals surface area contributed by atoms with Crippen LogP contribution in [0.2, 0.25) is 0 Å². The second kappa shape index (κ2) is 16.7.